The molecular formula is C20H30N2O3. The first-order valence-corrected chi connectivity index (χ1v) is 9.26. The molecule has 1 aliphatic carbocycles. The lowest BCUT2D eigenvalue weighted by Gasteiger charge is -2.33. The summed E-state index contributed by atoms with van der Waals surface area (Å²) in [5.74, 6) is 0.949. The van der Waals surface area contributed by atoms with Gasteiger partial charge in [0.2, 0.25) is 5.91 Å². The summed E-state index contributed by atoms with van der Waals surface area (Å²) in [5.41, 5.74) is 0.955. The second-order valence-corrected chi connectivity index (χ2v) is 7.01. The van der Waals surface area contributed by atoms with Gasteiger partial charge >= 0.3 is 6.09 Å². The number of amides is 2. The first-order chi connectivity index (χ1) is 12.1. The number of carbonyl (C=O) groups is 2. The van der Waals surface area contributed by atoms with Gasteiger partial charge in [-0.1, -0.05) is 37.3 Å². The molecule has 1 aromatic rings. The minimum absolute atomic E-state index is 0.166. The fraction of sp³-hybridized carbons (Fsp3) is 0.600. The summed E-state index contributed by atoms with van der Waals surface area (Å²) in [4.78, 5) is 25.8. The van der Waals surface area contributed by atoms with Crippen LogP contribution in [0.3, 0.4) is 0 Å². The molecular weight excluding hydrogens is 316 g/mol. The molecule has 1 N–H and O–H groups in total. The maximum absolute atomic E-state index is 12.3. The van der Waals surface area contributed by atoms with E-state index in [1.807, 2.05) is 42.3 Å². The molecule has 1 aromatic carbocycles. The van der Waals surface area contributed by atoms with Crippen molar-refractivity contribution >= 4 is 12.0 Å². The Morgan fingerprint density at radius 2 is 1.84 bits per heavy atom. The third-order valence-corrected chi connectivity index (χ3v) is 4.98. The molecule has 5 heteroatoms. The number of benzene rings is 1. The lowest BCUT2D eigenvalue weighted by atomic mass is 9.86. The van der Waals surface area contributed by atoms with Crippen LogP contribution in [0.2, 0.25) is 0 Å². The third-order valence-electron chi connectivity index (χ3n) is 4.98. The van der Waals surface area contributed by atoms with Gasteiger partial charge in [-0.2, -0.15) is 0 Å². The van der Waals surface area contributed by atoms with Crippen molar-refractivity contribution in [3.05, 3.63) is 35.9 Å². The van der Waals surface area contributed by atoms with Crippen molar-refractivity contribution in [2.45, 2.75) is 58.1 Å². The number of nitrogens with one attached hydrogen (secondary N) is 1. The molecule has 138 valence electrons. The van der Waals surface area contributed by atoms with Gasteiger partial charge in [-0.05, 0) is 43.6 Å². The lowest BCUT2D eigenvalue weighted by molar-refractivity contribution is -0.132. The van der Waals surface area contributed by atoms with E-state index in [0.717, 1.165) is 24.3 Å². The van der Waals surface area contributed by atoms with E-state index < -0.39 is 6.09 Å². The Labute approximate surface area is 150 Å². The molecule has 1 saturated carbocycles. The summed E-state index contributed by atoms with van der Waals surface area (Å²) < 4.78 is 5.14. The molecule has 2 rings (SSSR count). The van der Waals surface area contributed by atoms with Crippen LogP contribution in [0.5, 0.6) is 0 Å². The Hall–Kier alpha value is -2.04. The third kappa shape index (κ3) is 6.77. The molecule has 0 bridgehead atoms. The van der Waals surface area contributed by atoms with E-state index >= 15 is 0 Å². The SMILES string of the molecule is CC1CCC(N(C)C(=O)CCCNC(=O)OCc2ccccc2)CC1. The molecule has 25 heavy (non-hydrogen) atoms. The molecule has 0 atom stereocenters. The van der Waals surface area contributed by atoms with Crippen LogP contribution in [0, 0.1) is 5.92 Å². The van der Waals surface area contributed by atoms with E-state index in [2.05, 4.69) is 12.2 Å². The van der Waals surface area contributed by atoms with Crippen molar-refractivity contribution in [1.82, 2.24) is 10.2 Å². The summed E-state index contributed by atoms with van der Waals surface area (Å²) in [7, 11) is 1.91. The summed E-state index contributed by atoms with van der Waals surface area (Å²) in [6.07, 6.45) is 5.27. The number of ether oxygens (including phenoxy) is 1. The average Bonchev–Trinajstić information content (AvgIpc) is 2.64. The van der Waals surface area contributed by atoms with E-state index in [0.29, 0.717) is 25.4 Å². The Morgan fingerprint density at radius 1 is 1.16 bits per heavy atom. The van der Waals surface area contributed by atoms with Crippen LogP contribution in [0.25, 0.3) is 0 Å². The number of nitrogens with zero attached hydrogens (tertiary/aromatic N) is 1. The summed E-state index contributed by atoms with van der Waals surface area (Å²) in [6, 6.07) is 9.94. The van der Waals surface area contributed by atoms with Gasteiger partial charge in [-0.3, -0.25) is 4.79 Å². The average molecular weight is 346 g/mol. The number of carbonyl (C=O) groups excluding carboxylic acids is 2. The zero-order chi connectivity index (χ0) is 18.1. The van der Waals surface area contributed by atoms with Crippen molar-refractivity contribution in [2.24, 2.45) is 5.92 Å². The van der Waals surface area contributed by atoms with Gasteiger partial charge < -0.3 is 15.0 Å². The standard InChI is InChI=1S/C20H30N2O3/c1-16-10-12-18(13-11-16)22(2)19(23)9-6-14-21-20(24)25-15-17-7-4-3-5-8-17/h3-5,7-8,16,18H,6,9-15H2,1-2H3,(H,21,24). The van der Waals surface area contributed by atoms with Gasteiger partial charge in [0, 0.05) is 26.1 Å². The zero-order valence-corrected chi connectivity index (χ0v) is 15.4. The fourth-order valence-electron chi connectivity index (χ4n) is 3.21. The first-order valence-electron chi connectivity index (χ1n) is 9.26. The Kier molecular flexibility index (Phi) is 7.76. The number of alkyl carbamates (subject to hydrolysis) is 1. The maximum atomic E-state index is 12.3. The van der Waals surface area contributed by atoms with Crippen LogP contribution < -0.4 is 5.32 Å². The molecule has 0 heterocycles. The molecule has 1 fully saturated rings. The highest BCUT2D eigenvalue weighted by Crippen LogP contribution is 2.26. The lowest BCUT2D eigenvalue weighted by Crippen LogP contribution is -2.39. The van der Waals surface area contributed by atoms with E-state index in [1.165, 1.54) is 12.8 Å². The number of rotatable bonds is 7. The van der Waals surface area contributed by atoms with Crippen LogP contribution in [-0.4, -0.2) is 36.5 Å². The Bertz CT molecular complexity index is 539. The Balaban J connectivity index is 1.57. The quantitative estimate of drug-likeness (QED) is 0.765. The largest absolute Gasteiger partial charge is 0.445 e. The molecule has 2 amide bonds. The van der Waals surface area contributed by atoms with E-state index in [-0.39, 0.29) is 12.5 Å². The first kappa shape index (κ1) is 19.3. The summed E-state index contributed by atoms with van der Waals surface area (Å²) in [6.45, 7) is 2.99. The number of hydrogen-bond acceptors (Lipinski definition) is 3. The van der Waals surface area contributed by atoms with Crippen LogP contribution in [0.1, 0.15) is 51.0 Å². The van der Waals surface area contributed by atoms with Crippen molar-refractivity contribution < 1.29 is 14.3 Å². The second-order valence-electron chi connectivity index (χ2n) is 7.01. The smallest absolute Gasteiger partial charge is 0.407 e. The van der Waals surface area contributed by atoms with E-state index in [4.69, 9.17) is 4.74 Å². The molecule has 1 aliphatic rings. The number of hydrogen-bond donors (Lipinski definition) is 1. The highest BCUT2D eigenvalue weighted by Gasteiger charge is 2.24. The second kappa shape index (κ2) is 10.1. The zero-order valence-electron chi connectivity index (χ0n) is 15.4. The molecule has 0 aliphatic heterocycles. The highest BCUT2D eigenvalue weighted by molar-refractivity contribution is 5.76. The van der Waals surface area contributed by atoms with Gasteiger partial charge in [-0.15, -0.1) is 0 Å². The normalized spacial score (nSPS) is 19.9. The topological polar surface area (TPSA) is 58.6 Å². The molecule has 5 nitrogen and oxygen atoms in total. The molecule has 0 radical (unpaired) electrons. The summed E-state index contributed by atoms with van der Waals surface area (Å²) in [5, 5.41) is 2.70. The van der Waals surface area contributed by atoms with Gasteiger partial charge in [-0.25, -0.2) is 4.79 Å². The summed E-state index contributed by atoms with van der Waals surface area (Å²) >= 11 is 0. The van der Waals surface area contributed by atoms with Crippen molar-refractivity contribution in [3.8, 4) is 0 Å². The van der Waals surface area contributed by atoms with Crippen molar-refractivity contribution in [3.63, 3.8) is 0 Å². The molecule has 0 saturated heterocycles. The van der Waals surface area contributed by atoms with E-state index in [9.17, 15) is 9.59 Å². The predicted octanol–water partition coefficient (Wildman–Crippen LogP) is 3.73. The molecule has 0 aromatic heterocycles. The van der Waals surface area contributed by atoms with Gasteiger partial charge in [0.15, 0.2) is 0 Å². The van der Waals surface area contributed by atoms with Crippen LogP contribution in [0.15, 0.2) is 30.3 Å². The van der Waals surface area contributed by atoms with Gasteiger partial charge in [0.25, 0.3) is 0 Å². The van der Waals surface area contributed by atoms with Gasteiger partial charge in [0.1, 0.15) is 6.61 Å². The maximum Gasteiger partial charge on any atom is 0.407 e. The fourth-order valence-corrected chi connectivity index (χ4v) is 3.21. The monoisotopic (exact) mass is 346 g/mol. The Morgan fingerprint density at radius 3 is 2.52 bits per heavy atom. The van der Waals surface area contributed by atoms with E-state index in [1.54, 1.807) is 0 Å². The highest BCUT2D eigenvalue weighted by atomic mass is 16.5. The molecule has 0 spiro atoms. The molecule has 0 unspecified atom stereocenters. The van der Waals surface area contributed by atoms with Crippen LogP contribution >= 0.6 is 0 Å². The minimum Gasteiger partial charge on any atom is -0.445 e. The predicted molar refractivity (Wildman–Crippen MR) is 98.1 cm³/mol. The van der Waals surface area contributed by atoms with Gasteiger partial charge in [0.05, 0.1) is 0 Å². The van der Waals surface area contributed by atoms with Crippen LogP contribution in [0.4, 0.5) is 4.79 Å². The van der Waals surface area contributed by atoms with Crippen molar-refractivity contribution in [2.75, 3.05) is 13.6 Å². The minimum atomic E-state index is -0.439. The van der Waals surface area contributed by atoms with Crippen molar-refractivity contribution in [1.29, 1.82) is 0 Å². The van der Waals surface area contributed by atoms with Crippen LogP contribution in [-0.2, 0) is 16.1 Å².